The second kappa shape index (κ2) is 7.73. The first kappa shape index (κ1) is 17.4. The first-order chi connectivity index (χ1) is 7.89. The summed E-state index contributed by atoms with van der Waals surface area (Å²) in [6, 6.07) is 9.74. The molecule has 18 heavy (non-hydrogen) atoms. The van der Waals surface area contributed by atoms with Gasteiger partial charge in [0.15, 0.2) is 0 Å². The Kier molecular flexibility index (Phi) is 7.46. The molecule has 0 aromatic heterocycles. The van der Waals surface area contributed by atoms with Crippen molar-refractivity contribution in [1.82, 2.24) is 0 Å². The summed E-state index contributed by atoms with van der Waals surface area (Å²) < 4.78 is 5.22. The van der Waals surface area contributed by atoms with Crippen LogP contribution in [0.25, 0.3) is 0 Å². The molecule has 0 saturated carbocycles. The summed E-state index contributed by atoms with van der Waals surface area (Å²) in [5, 5.41) is 11.6. The van der Waals surface area contributed by atoms with Crippen LogP contribution < -0.4 is 24.0 Å². The van der Waals surface area contributed by atoms with Gasteiger partial charge in [0.25, 0.3) is 0 Å². The van der Waals surface area contributed by atoms with Gasteiger partial charge in [-0.25, -0.2) is 0 Å². The Morgan fingerprint density at radius 3 is 2.33 bits per heavy atom. The zero-order valence-electron chi connectivity index (χ0n) is 12.1. The smallest absolute Gasteiger partial charge is 0.609 e. The number of allylic oxidation sites excluding steroid dienone is 1. The van der Waals surface area contributed by atoms with E-state index in [1.54, 1.807) is 6.08 Å². The Morgan fingerprint density at radius 1 is 1.28 bits per heavy atom. The van der Waals surface area contributed by atoms with Crippen LogP contribution in [0.3, 0.4) is 0 Å². The molecule has 0 bridgehead atoms. The van der Waals surface area contributed by atoms with E-state index in [1.165, 1.54) is 0 Å². The third kappa shape index (κ3) is 6.35. The zero-order valence-corrected chi connectivity index (χ0v) is 13.1. The molecule has 1 aromatic carbocycles. The van der Waals surface area contributed by atoms with Crippen molar-refractivity contribution in [3.05, 3.63) is 47.9 Å². The van der Waals surface area contributed by atoms with Crippen molar-refractivity contribution in [3.8, 4) is 0 Å². The van der Waals surface area contributed by atoms with E-state index in [0.717, 1.165) is 5.56 Å². The van der Waals surface area contributed by atoms with Gasteiger partial charge in [-0.15, -0.1) is 0 Å². The molecule has 0 fully saturated rings. The molecule has 1 unspecified atom stereocenters. The molecule has 0 spiro atoms. The van der Waals surface area contributed by atoms with Gasteiger partial charge in [-0.3, -0.25) is 0 Å². The number of hydrogen-bond acceptors (Lipinski definition) is 2. The van der Waals surface area contributed by atoms with E-state index >= 15 is 0 Å². The van der Waals surface area contributed by atoms with E-state index < -0.39 is 8.07 Å². The van der Waals surface area contributed by atoms with Crippen LogP contribution in [-0.4, -0.2) is 8.07 Å². The topological polar surface area (TPSA) is 32.3 Å². The van der Waals surface area contributed by atoms with Crippen LogP contribution in [0.15, 0.2) is 42.4 Å². The van der Waals surface area contributed by atoms with Gasteiger partial charge in [0, 0.05) is 12.6 Å². The van der Waals surface area contributed by atoms with Crippen molar-refractivity contribution >= 4 is 8.07 Å². The normalized spacial score (nSPS) is 13.7. The Hall–Kier alpha value is -0.626. The second-order valence-electron chi connectivity index (χ2n) is 5.41. The third-order valence-corrected chi connectivity index (χ3v) is 5.87. The predicted octanol–water partition coefficient (Wildman–Crippen LogP) is 0.137. The average Bonchev–Trinajstić information content (AvgIpc) is 2.26. The molecule has 4 heteroatoms. The Balaban J connectivity index is 0.00000289. The second-order valence-corrected chi connectivity index (χ2v) is 11.1. The molecule has 0 aliphatic carbocycles. The minimum absolute atomic E-state index is 0. The molecule has 0 aliphatic heterocycles. The number of hydrogen-bond donors (Lipinski definition) is 0. The SMILES string of the molecule is CC(/C=C(/[O-])OCc1ccccc1)[Si](C)(C)C.[Li+]. The van der Waals surface area contributed by atoms with Gasteiger partial charge >= 0.3 is 18.9 Å². The molecule has 0 amide bonds. The van der Waals surface area contributed by atoms with Crippen LogP contribution >= 0.6 is 0 Å². The molecule has 0 aliphatic rings. The average molecular weight is 256 g/mol. The van der Waals surface area contributed by atoms with Crippen molar-refractivity contribution in [3.63, 3.8) is 0 Å². The minimum atomic E-state index is -1.29. The first-order valence-electron chi connectivity index (χ1n) is 5.95. The molecule has 0 heterocycles. The molecular formula is C14H21LiO2Si. The predicted molar refractivity (Wildman–Crippen MR) is 72.1 cm³/mol. The molecule has 0 N–H and O–H groups in total. The van der Waals surface area contributed by atoms with E-state index in [0.29, 0.717) is 12.1 Å². The summed E-state index contributed by atoms with van der Waals surface area (Å²) in [6.07, 6.45) is 1.72. The van der Waals surface area contributed by atoms with Crippen molar-refractivity contribution < 1.29 is 28.7 Å². The standard InChI is InChI=1S/C14H22O2Si.Li/c1-12(17(2,3)4)10-14(15)16-11-13-8-6-5-7-9-13;/h5-10,12,15H,11H2,1-4H3;/q;+1/p-1/b14-10-;. The fraction of sp³-hybridized carbons (Fsp3) is 0.429. The fourth-order valence-corrected chi connectivity index (χ4v) is 1.87. The summed E-state index contributed by atoms with van der Waals surface area (Å²) in [7, 11) is -1.29. The zero-order chi connectivity index (χ0) is 12.9. The van der Waals surface area contributed by atoms with Crippen LogP contribution in [0.5, 0.6) is 0 Å². The van der Waals surface area contributed by atoms with E-state index in [2.05, 4.69) is 26.6 Å². The maximum Gasteiger partial charge on any atom is 1.00 e. The number of benzene rings is 1. The summed E-state index contributed by atoms with van der Waals surface area (Å²) in [5.41, 5.74) is 1.36. The number of rotatable bonds is 5. The van der Waals surface area contributed by atoms with Gasteiger partial charge in [-0.05, 0) is 11.1 Å². The molecule has 0 radical (unpaired) electrons. The summed E-state index contributed by atoms with van der Waals surface area (Å²) >= 11 is 0. The Labute approximate surface area is 123 Å². The number of ether oxygens (including phenoxy) is 1. The van der Waals surface area contributed by atoms with E-state index in [9.17, 15) is 5.11 Å². The van der Waals surface area contributed by atoms with Crippen molar-refractivity contribution in [2.45, 2.75) is 38.7 Å². The molecule has 2 nitrogen and oxygen atoms in total. The Bertz CT molecular complexity index is 371. The maximum atomic E-state index is 11.6. The van der Waals surface area contributed by atoms with Crippen LogP contribution in [0.2, 0.25) is 25.2 Å². The van der Waals surface area contributed by atoms with Gasteiger partial charge in [0.2, 0.25) is 0 Å². The van der Waals surface area contributed by atoms with Crippen LogP contribution in [0, 0.1) is 0 Å². The fourth-order valence-electron chi connectivity index (χ4n) is 1.23. The quantitative estimate of drug-likeness (QED) is 0.554. The maximum absolute atomic E-state index is 11.6. The van der Waals surface area contributed by atoms with Crippen molar-refractivity contribution in [2.75, 3.05) is 0 Å². The summed E-state index contributed by atoms with van der Waals surface area (Å²) in [5.74, 6) is -0.205. The van der Waals surface area contributed by atoms with Crippen LogP contribution in [-0.2, 0) is 11.3 Å². The Morgan fingerprint density at radius 2 is 1.83 bits per heavy atom. The van der Waals surface area contributed by atoms with Gasteiger partial charge in [0.05, 0.1) is 8.07 Å². The molecule has 1 aromatic rings. The molecular weight excluding hydrogens is 235 g/mol. The van der Waals surface area contributed by atoms with E-state index in [1.807, 2.05) is 30.3 Å². The minimum Gasteiger partial charge on any atom is -0.609 e. The van der Waals surface area contributed by atoms with Crippen LogP contribution in [0.1, 0.15) is 12.5 Å². The van der Waals surface area contributed by atoms with Gasteiger partial charge in [-0.1, -0.05) is 63.0 Å². The first-order valence-corrected chi connectivity index (χ1v) is 9.53. The van der Waals surface area contributed by atoms with Crippen molar-refractivity contribution in [1.29, 1.82) is 0 Å². The van der Waals surface area contributed by atoms with Crippen molar-refractivity contribution in [2.24, 2.45) is 0 Å². The van der Waals surface area contributed by atoms with Gasteiger partial charge in [-0.2, -0.15) is 0 Å². The monoisotopic (exact) mass is 256 g/mol. The molecule has 0 saturated heterocycles. The molecule has 1 atom stereocenters. The third-order valence-electron chi connectivity index (χ3n) is 2.98. The van der Waals surface area contributed by atoms with Crippen LogP contribution in [0.4, 0.5) is 0 Å². The van der Waals surface area contributed by atoms with Gasteiger partial charge < -0.3 is 9.84 Å². The van der Waals surface area contributed by atoms with E-state index in [4.69, 9.17) is 4.74 Å². The largest absolute Gasteiger partial charge is 1.00 e. The summed E-state index contributed by atoms with van der Waals surface area (Å²) in [6.45, 7) is 9.19. The van der Waals surface area contributed by atoms with Gasteiger partial charge in [0.1, 0.15) is 0 Å². The summed E-state index contributed by atoms with van der Waals surface area (Å²) in [4.78, 5) is 0. The molecule has 1 rings (SSSR count). The van der Waals surface area contributed by atoms with E-state index in [-0.39, 0.29) is 24.8 Å². The molecule has 94 valence electrons.